The fraction of sp³-hybridized carbons (Fsp3) is 0.0769. The smallest absolute Gasteiger partial charge is 0.257 e. The molecule has 0 bridgehead atoms. The molecule has 0 unspecified atom stereocenters. The molecule has 2 heterocycles. The number of halogens is 1. The highest BCUT2D eigenvalue weighted by molar-refractivity contribution is 7.98. The van der Waals surface area contributed by atoms with E-state index in [1.54, 1.807) is 23.5 Å². The number of thiophene rings is 1. The molecule has 4 nitrogen and oxygen atoms in total. The first-order valence-electron chi connectivity index (χ1n) is 5.76. The van der Waals surface area contributed by atoms with E-state index in [1.165, 1.54) is 11.8 Å². The number of thioether (sulfide) groups is 1. The topological polar surface area (TPSA) is 64.9 Å². The average Bonchev–Trinajstić information content (AvgIpc) is 3.09. The van der Waals surface area contributed by atoms with E-state index >= 15 is 0 Å². The van der Waals surface area contributed by atoms with Gasteiger partial charge in [-0.05, 0) is 29.6 Å². The Bertz CT molecular complexity index is 712. The van der Waals surface area contributed by atoms with E-state index in [0.29, 0.717) is 28.2 Å². The summed E-state index contributed by atoms with van der Waals surface area (Å²) < 4.78 is 5.61. The van der Waals surface area contributed by atoms with E-state index in [4.69, 9.17) is 21.8 Å². The normalized spacial score (nSPS) is 10.8. The zero-order valence-electron chi connectivity index (χ0n) is 10.2. The second kappa shape index (κ2) is 5.87. The van der Waals surface area contributed by atoms with Crippen LogP contribution in [0.5, 0.6) is 0 Å². The number of nitrogen functional groups attached to an aromatic ring is 1. The Morgan fingerprint density at radius 2 is 2.20 bits per heavy atom. The largest absolute Gasteiger partial charge is 0.419 e. The SMILES string of the molecule is Nc1ccc(Cl)c(SCc2nnc(-c3cccs3)o2)c1. The van der Waals surface area contributed by atoms with Crippen molar-refractivity contribution < 1.29 is 4.42 Å². The highest BCUT2D eigenvalue weighted by Gasteiger charge is 2.10. The molecule has 0 radical (unpaired) electrons. The van der Waals surface area contributed by atoms with Crippen molar-refractivity contribution in [3.63, 3.8) is 0 Å². The number of nitrogens with two attached hydrogens (primary N) is 1. The Labute approximate surface area is 129 Å². The molecule has 3 aromatic rings. The predicted octanol–water partition coefficient (Wildman–Crippen LogP) is 4.33. The third-order valence-electron chi connectivity index (χ3n) is 2.51. The van der Waals surface area contributed by atoms with Gasteiger partial charge in [-0.2, -0.15) is 0 Å². The quantitative estimate of drug-likeness (QED) is 0.572. The molecule has 0 aliphatic heterocycles. The molecular formula is C13H10ClN3OS2. The standard InChI is InChI=1S/C13H10ClN3OS2/c14-9-4-3-8(15)6-11(9)20-7-12-16-17-13(18-12)10-2-1-5-19-10/h1-6H,7,15H2. The minimum Gasteiger partial charge on any atom is -0.419 e. The van der Waals surface area contributed by atoms with Crippen molar-refractivity contribution in [2.24, 2.45) is 0 Å². The Hall–Kier alpha value is -1.50. The highest BCUT2D eigenvalue weighted by atomic mass is 35.5. The number of nitrogens with zero attached hydrogens (tertiary/aromatic N) is 2. The van der Waals surface area contributed by atoms with Crippen LogP contribution in [0.1, 0.15) is 5.89 Å². The van der Waals surface area contributed by atoms with Gasteiger partial charge in [0.25, 0.3) is 5.89 Å². The summed E-state index contributed by atoms with van der Waals surface area (Å²) in [4.78, 5) is 1.87. The summed E-state index contributed by atoms with van der Waals surface area (Å²) in [5.74, 6) is 1.67. The molecule has 0 fully saturated rings. The Morgan fingerprint density at radius 1 is 1.30 bits per heavy atom. The second-order valence-electron chi connectivity index (χ2n) is 3.96. The maximum atomic E-state index is 6.11. The molecule has 3 rings (SSSR count). The lowest BCUT2D eigenvalue weighted by Gasteiger charge is -2.02. The number of anilines is 1. The molecule has 0 aliphatic carbocycles. The van der Waals surface area contributed by atoms with Gasteiger partial charge in [-0.15, -0.1) is 33.3 Å². The van der Waals surface area contributed by atoms with Crippen molar-refractivity contribution in [2.75, 3.05) is 5.73 Å². The molecule has 0 atom stereocenters. The predicted molar refractivity (Wildman–Crippen MR) is 83.0 cm³/mol. The van der Waals surface area contributed by atoms with Gasteiger partial charge in [0.15, 0.2) is 0 Å². The van der Waals surface area contributed by atoms with Gasteiger partial charge in [-0.3, -0.25) is 0 Å². The summed E-state index contributed by atoms with van der Waals surface area (Å²) in [6.45, 7) is 0. The van der Waals surface area contributed by atoms with Gasteiger partial charge in [0.2, 0.25) is 5.89 Å². The maximum absolute atomic E-state index is 6.11. The number of hydrogen-bond donors (Lipinski definition) is 1. The van der Waals surface area contributed by atoms with Gasteiger partial charge >= 0.3 is 0 Å². The van der Waals surface area contributed by atoms with Crippen molar-refractivity contribution >= 4 is 40.4 Å². The minimum atomic E-state index is 0.550. The first-order chi connectivity index (χ1) is 9.72. The first-order valence-corrected chi connectivity index (χ1v) is 8.01. The van der Waals surface area contributed by atoms with Crippen molar-refractivity contribution in [1.29, 1.82) is 0 Å². The van der Waals surface area contributed by atoms with Gasteiger partial charge < -0.3 is 10.2 Å². The van der Waals surface area contributed by atoms with Crippen LogP contribution in [0.25, 0.3) is 10.8 Å². The van der Waals surface area contributed by atoms with E-state index in [0.717, 1.165) is 9.77 Å². The number of aromatic nitrogens is 2. The van der Waals surface area contributed by atoms with E-state index in [2.05, 4.69) is 10.2 Å². The fourth-order valence-corrected chi connectivity index (χ4v) is 3.33. The third kappa shape index (κ3) is 2.98. The van der Waals surface area contributed by atoms with Crippen molar-refractivity contribution in [1.82, 2.24) is 10.2 Å². The number of hydrogen-bond acceptors (Lipinski definition) is 6. The van der Waals surface area contributed by atoms with Gasteiger partial charge in [-0.25, -0.2) is 0 Å². The van der Waals surface area contributed by atoms with Crippen LogP contribution < -0.4 is 5.73 Å². The van der Waals surface area contributed by atoms with Crippen LogP contribution in [0, 0.1) is 0 Å². The van der Waals surface area contributed by atoms with E-state index in [-0.39, 0.29) is 0 Å². The summed E-state index contributed by atoms with van der Waals surface area (Å²) in [5, 5.41) is 10.7. The molecule has 0 spiro atoms. The van der Waals surface area contributed by atoms with Crippen molar-refractivity contribution in [2.45, 2.75) is 10.6 Å². The van der Waals surface area contributed by atoms with Crippen LogP contribution >= 0.6 is 34.7 Å². The molecule has 0 amide bonds. The van der Waals surface area contributed by atoms with Crippen molar-refractivity contribution in [3.05, 3.63) is 46.6 Å². The van der Waals surface area contributed by atoms with Gasteiger partial charge in [0.1, 0.15) is 0 Å². The summed E-state index contributed by atoms with van der Waals surface area (Å²) in [6, 6.07) is 9.29. The number of benzene rings is 1. The van der Waals surface area contributed by atoms with E-state index in [1.807, 2.05) is 23.6 Å². The number of rotatable bonds is 4. The molecule has 1 aromatic carbocycles. The molecule has 20 heavy (non-hydrogen) atoms. The summed E-state index contributed by atoms with van der Waals surface area (Å²) in [7, 11) is 0. The zero-order chi connectivity index (χ0) is 13.9. The van der Waals surface area contributed by atoms with Crippen LogP contribution in [0.4, 0.5) is 5.69 Å². The Kier molecular flexibility index (Phi) is 3.95. The molecule has 0 aliphatic rings. The van der Waals surface area contributed by atoms with E-state index in [9.17, 15) is 0 Å². The lowest BCUT2D eigenvalue weighted by molar-refractivity contribution is 0.529. The summed E-state index contributed by atoms with van der Waals surface area (Å²) in [6.07, 6.45) is 0. The molecule has 2 N–H and O–H groups in total. The zero-order valence-corrected chi connectivity index (χ0v) is 12.6. The van der Waals surface area contributed by atoms with Crippen LogP contribution in [0.3, 0.4) is 0 Å². The lowest BCUT2D eigenvalue weighted by Crippen LogP contribution is -1.86. The second-order valence-corrected chi connectivity index (χ2v) is 6.33. The third-order valence-corrected chi connectivity index (χ3v) is 4.84. The van der Waals surface area contributed by atoms with E-state index < -0.39 is 0 Å². The van der Waals surface area contributed by atoms with Crippen LogP contribution in [-0.4, -0.2) is 10.2 Å². The fourth-order valence-electron chi connectivity index (χ4n) is 1.58. The van der Waals surface area contributed by atoms with Crippen LogP contribution in [-0.2, 0) is 5.75 Å². The minimum absolute atomic E-state index is 0.550. The molecule has 0 saturated heterocycles. The van der Waals surface area contributed by atoms with Gasteiger partial charge in [0.05, 0.1) is 15.7 Å². The Balaban J connectivity index is 1.71. The summed E-state index contributed by atoms with van der Waals surface area (Å²) in [5.41, 5.74) is 6.42. The lowest BCUT2D eigenvalue weighted by atomic mass is 10.3. The first kappa shape index (κ1) is 13.5. The van der Waals surface area contributed by atoms with Gasteiger partial charge in [-0.1, -0.05) is 17.7 Å². The molecule has 102 valence electrons. The Morgan fingerprint density at radius 3 is 3.00 bits per heavy atom. The van der Waals surface area contributed by atoms with Crippen LogP contribution in [0.2, 0.25) is 5.02 Å². The molecule has 7 heteroatoms. The monoisotopic (exact) mass is 323 g/mol. The molecular weight excluding hydrogens is 314 g/mol. The molecule has 0 saturated carbocycles. The summed E-state index contributed by atoms with van der Waals surface area (Å²) >= 11 is 9.20. The van der Waals surface area contributed by atoms with Crippen molar-refractivity contribution in [3.8, 4) is 10.8 Å². The average molecular weight is 324 g/mol. The van der Waals surface area contributed by atoms with Gasteiger partial charge in [0, 0.05) is 10.6 Å². The molecule has 2 aromatic heterocycles. The maximum Gasteiger partial charge on any atom is 0.257 e. The van der Waals surface area contributed by atoms with Crippen LogP contribution in [0.15, 0.2) is 45.0 Å². The highest BCUT2D eigenvalue weighted by Crippen LogP contribution is 2.32.